The van der Waals surface area contributed by atoms with E-state index in [9.17, 15) is 14.7 Å². The van der Waals surface area contributed by atoms with Gasteiger partial charge in [-0.3, -0.25) is 0 Å². The van der Waals surface area contributed by atoms with Gasteiger partial charge in [-0.1, -0.05) is 30.3 Å². The lowest BCUT2D eigenvalue weighted by atomic mass is 10.1. The molecular formula is C14H18N2O3. The number of carbonyl (C=O) groups excluding carboxylic acids is 1. The Morgan fingerprint density at radius 1 is 1.21 bits per heavy atom. The van der Waals surface area contributed by atoms with E-state index in [1.807, 2.05) is 6.92 Å². The van der Waals surface area contributed by atoms with E-state index >= 15 is 0 Å². The monoisotopic (exact) mass is 262 g/mol. The van der Waals surface area contributed by atoms with E-state index in [4.69, 9.17) is 0 Å². The molecule has 2 unspecified atom stereocenters. The van der Waals surface area contributed by atoms with Crippen LogP contribution in [0.4, 0.5) is 4.79 Å². The van der Waals surface area contributed by atoms with Crippen LogP contribution in [-0.4, -0.2) is 23.1 Å². The van der Waals surface area contributed by atoms with Crippen LogP contribution < -0.4 is 10.6 Å². The highest BCUT2D eigenvalue weighted by atomic mass is 16.4. The smallest absolute Gasteiger partial charge is 0.330 e. The number of hydrogen-bond acceptors (Lipinski definition) is 2. The summed E-state index contributed by atoms with van der Waals surface area (Å²) < 4.78 is 0. The summed E-state index contributed by atoms with van der Waals surface area (Å²) in [5, 5.41) is 14.5. The number of carbonyl (C=O) groups is 2. The third-order valence-corrected chi connectivity index (χ3v) is 3.34. The van der Waals surface area contributed by atoms with Crippen LogP contribution in [0.5, 0.6) is 0 Å². The van der Waals surface area contributed by atoms with Crippen LogP contribution in [0.3, 0.4) is 0 Å². The first-order valence-corrected chi connectivity index (χ1v) is 6.42. The lowest BCUT2D eigenvalue weighted by Crippen LogP contribution is -2.45. The Bertz CT molecular complexity index is 457. The van der Waals surface area contributed by atoms with Crippen LogP contribution >= 0.6 is 0 Å². The molecule has 3 N–H and O–H groups in total. The molecule has 0 radical (unpaired) electrons. The number of carboxylic acid groups (broad SMARTS) is 1. The number of urea groups is 1. The second-order valence-electron chi connectivity index (χ2n) is 4.93. The Hall–Kier alpha value is -2.04. The highest BCUT2D eigenvalue weighted by Gasteiger charge is 2.30. The number of carboxylic acids is 1. The molecule has 0 saturated heterocycles. The average molecular weight is 262 g/mol. The molecule has 1 fully saturated rings. The molecule has 0 aliphatic heterocycles. The van der Waals surface area contributed by atoms with Gasteiger partial charge in [0.2, 0.25) is 0 Å². The topological polar surface area (TPSA) is 78.4 Å². The molecule has 5 heteroatoms. The van der Waals surface area contributed by atoms with Crippen molar-refractivity contribution in [3.05, 3.63) is 35.9 Å². The van der Waals surface area contributed by atoms with Crippen LogP contribution in [0, 0.1) is 5.92 Å². The Morgan fingerprint density at radius 2 is 1.84 bits per heavy atom. The van der Waals surface area contributed by atoms with E-state index < -0.39 is 18.0 Å². The molecule has 1 aliphatic rings. The quantitative estimate of drug-likeness (QED) is 0.758. The summed E-state index contributed by atoms with van der Waals surface area (Å²) in [7, 11) is 0. The van der Waals surface area contributed by atoms with E-state index in [1.54, 1.807) is 30.3 Å². The van der Waals surface area contributed by atoms with Crippen LogP contribution in [0.25, 0.3) is 0 Å². The summed E-state index contributed by atoms with van der Waals surface area (Å²) in [5.74, 6) is -0.536. The highest BCUT2D eigenvalue weighted by molar-refractivity contribution is 5.83. The Balaban J connectivity index is 1.96. The molecule has 0 bridgehead atoms. The standard InChI is InChI=1S/C14H18N2O3/c1-9(10-7-8-10)15-14(19)16-12(13(17)18)11-5-3-2-4-6-11/h2-6,9-10,12H,7-8H2,1H3,(H,17,18)(H2,15,16,19). The number of hydrogen-bond donors (Lipinski definition) is 3. The van der Waals surface area contributed by atoms with Gasteiger partial charge in [0.05, 0.1) is 0 Å². The molecule has 1 aromatic carbocycles. The summed E-state index contributed by atoms with van der Waals surface area (Å²) in [6.07, 6.45) is 2.25. The maximum atomic E-state index is 11.8. The van der Waals surface area contributed by atoms with Crippen molar-refractivity contribution < 1.29 is 14.7 Å². The fourth-order valence-corrected chi connectivity index (χ4v) is 2.03. The van der Waals surface area contributed by atoms with Gasteiger partial charge in [0, 0.05) is 6.04 Å². The van der Waals surface area contributed by atoms with Gasteiger partial charge in [-0.05, 0) is 31.2 Å². The predicted molar refractivity (Wildman–Crippen MR) is 70.7 cm³/mol. The molecule has 1 aromatic rings. The van der Waals surface area contributed by atoms with E-state index in [-0.39, 0.29) is 6.04 Å². The van der Waals surface area contributed by atoms with E-state index in [0.717, 1.165) is 12.8 Å². The first-order chi connectivity index (χ1) is 9.08. The normalized spacial score (nSPS) is 17.3. The Kier molecular flexibility index (Phi) is 4.04. The third-order valence-electron chi connectivity index (χ3n) is 3.34. The molecule has 1 saturated carbocycles. The SMILES string of the molecule is CC(NC(=O)NC(C(=O)O)c1ccccc1)C1CC1. The van der Waals surface area contributed by atoms with Crippen LogP contribution in [0.2, 0.25) is 0 Å². The largest absolute Gasteiger partial charge is 0.479 e. The maximum absolute atomic E-state index is 11.8. The van der Waals surface area contributed by atoms with Crippen molar-refractivity contribution >= 4 is 12.0 Å². The van der Waals surface area contributed by atoms with Gasteiger partial charge in [0.15, 0.2) is 6.04 Å². The fraction of sp³-hybridized carbons (Fsp3) is 0.429. The van der Waals surface area contributed by atoms with E-state index in [0.29, 0.717) is 11.5 Å². The van der Waals surface area contributed by atoms with Gasteiger partial charge in [0.1, 0.15) is 0 Å². The maximum Gasteiger partial charge on any atom is 0.330 e. The summed E-state index contributed by atoms with van der Waals surface area (Å²) in [6, 6.07) is 7.30. The van der Waals surface area contributed by atoms with Crippen LogP contribution in [0.15, 0.2) is 30.3 Å². The van der Waals surface area contributed by atoms with Gasteiger partial charge >= 0.3 is 12.0 Å². The molecule has 0 aromatic heterocycles. The number of aliphatic carboxylic acids is 1. The van der Waals surface area contributed by atoms with Crippen molar-refractivity contribution in [1.29, 1.82) is 0 Å². The minimum atomic E-state index is -1.07. The Labute approximate surface area is 112 Å². The summed E-state index contributed by atoms with van der Waals surface area (Å²) in [6.45, 7) is 1.94. The van der Waals surface area contributed by atoms with Crippen molar-refractivity contribution in [3.63, 3.8) is 0 Å². The van der Waals surface area contributed by atoms with Crippen LogP contribution in [0.1, 0.15) is 31.4 Å². The molecule has 0 spiro atoms. The number of nitrogens with one attached hydrogen (secondary N) is 2. The minimum Gasteiger partial charge on any atom is -0.479 e. The van der Waals surface area contributed by atoms with Gasteiger partial charge in [0.25, 0.3) is 0 Å². The van der Waals surface area contributed by atoms with Crippen molar-refractivity contribution in [2.75, 3.05) is 0 Å². The molecule has 19 heavy (non-hydrogen) atoms. The first kappa shape index (κ1) is 13.4. The van der Waals surface area contributed by atoms with Crippen LogP contribution in [-0.2, 0) is 4.79 Å². The highest BCUT2D eigenvalue weighted by Crippen LogP contribution is 2.32. The molecule has 102 valence electrons. The average Bonchev–Trinajstić information content (AvgIpc) is 3.21. The van der Waals surface area contributed by atoms with Crippen molar-refractivity contribution in [2.45, 2.75) is 31.8 Å². The van der Waals surface area contributed by atoms with Crippen molar-refractivity contribution in [1.82, 2.24) is 10.6 Å². The molecule has 2 rings (SSSR count). The van der Waals surface area contributed by atoms with E-state index in [2.05, 4.69) is 10.6 Å². The summed E-state index contributed by atoms with van der Waals surface area (Å²) in [5.41, 5.74) is 0.559. The zero-order chi connectivity index (χ0) is 13.8. The molecule has 2 atom stereocenters. The summed E-state index contributed by atoms with van der Waals surface area (Å²) >= 11 is 0. The van der Waals surface area contributed by atoms with Gasteiger partial charge in [-0.15, -0.1) is 0 Å². The fourth-order valence-electron chi connectivity index (χ4n) is 2.03. The zero-order valence-corrected chi connectivity index (χ0v) is 10.8. The number of benzene rings is 1. The van der Waals surface area contributed by atoms with Crippen molar-refractivity contribution in [3.8, 4) is 0 Å². The second kappa shape index (κ2) is 5.73. The number of amides is 2. The van der Waals surface area contributed by atoms with Gasteiger partial charge in [-0.25, -0.2) is 9.59 Å². The lowest BCUT2D eigenvalue weighted by Gasteiger charge is -2.18. The molecular weight excluding hydrogens is 244 g/mol. The zero-order valence-electron chi connectivity index (χ0n) is 10.8. The summed E-state index contributed by atoms with van der Waals surface area (Å²) in [4.78, 5) is 23.0. The lowest BCUT2D eigenvalue weighted by molar-refractivity contribution is -0.139. The molecule has 1 aliphatic carbocycles. The molecule has 5 nitrogen and oxygen atoms in total. The molecule has 0 heterocycles. The van der Waals surface area contributed by atoms with Crippen molar-refractivity contribution in [2.24, 2.45) is 5.92 Å². The minimum absolute atomic E-state index is 0.0882. The third kappa shape index (κ3) is 3.71. The predicted octanol–water partition coefficient (Wildman–Crippen LogP) is 1.91. The van der Waals surface area contributed by atoms with Gasteiger partial charge < -0.3 is 15.7 Å². The Morgan fingerprint density at radius 3 is 2.37 bits per heavy atom. The number of rotatable bonds is 5. The van der Waals surface area contributed by atoms with Gasteiger partial charge in [-0.2, -0.15) is 0 Å². The van der Waals surface area contributed by atoms with E-state index in [1.165, 1.54) is 0 Å². The molecule has 2 amide bonds. The second-order valence-corrected chi connectivity index (χ2v) is 4.93. The first-order valence-electron chi connectivity index (χ1n) is 6.42.